The van der Waals surface area contributed by atoms with Crippen LogP contribution < -0.4 is 0 Å². The van der Waals surface area contributed by atoms with Gasteiger partial charge >= 0.3 is 6.18 Å². The fraction of sp³-hybridized carbons (Fsp3) is 0.900. The van der Waals surface area contributed by atoms with Crippen molar-refractivity contribution in [3.8, 4) is 0 Å². The Balaban J connectivity index is 2.33. The molecule has 2 atom stereocenters. The van der Waals surface area contributed by atoms with Crippen molar-refractivity contribution in [1.29, 1.82) is 0 Å². The molecule has 1 aliphatic rings. The van der Waals surface area contributed by atoms with Crippen LogP contribution in [0, 0.1) is 5.92 Å². The fourth-order valence-electron chi connectivity index (χ4n) is 1.48. The Bertz CT molecular complexity index is 212. The summed E-state index contributed by atoms with van der Waals surface area (Å²) in [7, 11) is 0. The summed E-state index contributed by atoms with van der Waals surface area (Å²) in [6.45, 7) is 0.0158. The number of hydrogen-bond acceptors (Lipinski definition) is 3. The molecular formula is C10H15F3O3. The van der Waals surface area contributed by atoms with Crippen molar-refractivity contribution < 1.29 is 27.4 Å². The van der Waals surface area contributed by atoms with Gasteiger partial charge in [0.2, 0.25) is 0 Å². The molecule has 0 bridgehead atoms. The smallest absolute Gasteiger partial charge is 0.353 e. The number of halogens is 3. The van der Waals surface area contributed by atoms with Crippen LogP contribution in [0.3, 0.4) is 0 Å². The molecule has 0 N–H and O–H groups in total. The molecule has 0 aromatic rings. The van der Waals surface area contributed by atoms with Crippen molar-refractivity contribution >= 4 is 6.29 Å². The maximum absolute atomic E-state index is 12.4. The van der Waals surface area contributed by atoms with Crippen LogP contribution in [0.1, 0.15) is 25.7 Å². The molecule has 0 aliphatic carbocycles. The minimum absolute atomic E-state index is 0.267. The van der Waals surface area contributed by atoms with Gasteiger partial charge in [-0.05, 0) is 19.3 Å². The lowest BCUT2D eigenvalue weighted by molar-refractivity contribution is -0.221. The largest absolute Gasteiger partial charge is 0.394 e. The Labute approximate surface area is 91.9 Å². The summed E-state index contributed by atoms with van der Waals surface area (Å²) in [5.74, 6) is -1.73. The van der Waals surface area contributed by atoms with Crippen LogP contribution in [-0.2, 0) is 14.3 Å². The lowest BCUT2D eigenvalue weighted by atomic mass is 10.1. The second kappa shape index (κ2) is 6.20. The highest BCUT2D eigenvalue weighted by atomic mass is 19.4. The van der Waals surface area contributed by atoms with E-state index in [1.54, 1.807) is 0 Å². The average molecular weight is 240 g/mol. The van der Waals surface area contributed by atoms with E-state index in [1.807, 2.05) is 0 Å². The second-order valence-electron chi connectivity index (χ2n) is 3.77. The summed E-state index contributed by atoms with van der Waals surface area (Å²) in [5, 5.41) is 0. The number of rotatable bonds is 5. The molecule has 0 aromatic carbocycles. The van der Waals surface area contributed by atoms with Crippen LogP contribution in [0.15, 0.2) is 0 Å². The number of alkyl halides is 3. The number of carbonyl (C=O) groups excluding carboxylic acids is 1. The Kier molecular flexibility index (Phi) is 5.21. The van der Waals surface area contributed by atoms with E-state index in [2.05, 4.69) is 0 Å². The second-order valence-corrected chi connectivity index (χ2v) is 3.77. The molecule has 16 heavy (non-hydrogen) atoms. The van der Waals surface area contributed by atoms with E-state index in [9.17, 15) is 18.0 Å². The summed E-state index contributed by atoms with van der Waals surface area (Å²) in [4.78, 5) is 10.1. The van der Waals surface area contributed by atoms with E-state index in [-0.39, 0.29) is 6.29 Å². The molecule has 0 spiro atoms. The molecule has 1 rings (SSSR count). The van der Waals surface area contributed by atoms with Gasteiger partial charge in [-0.2, -0.15) is 13.2 Å². The monoisotopic (exact) mass is 240 g/mol. The summed E-state index contributed by atoms with van der Waals surface area (Å²) in [5.41, 5.74) is 0. The van der Waals surface area contributed by atoms with Gasteiger partial charge in [0.15, 0.2) is 6.29 Å². The molecule has 1 aliphatic heterocycles. The Morgan fingerprint density at radius 2 is 2.19 bits per heavy atom. The summed E-state index contributed by atoms with van der Waals surface area (Å²) >= 11 is 0. The molecule has 1 heterocycles. The molecule has 0 saturated carbocycles. The van der Waals surface area contributed by atoms with Crippen LogP contribution in [0.4, 0.5) is 13.2 Å². The Morgan fingerprint density at radius 1 is 1.44 bits per heavy atom. The molecule has 6 heteroatoms. The molecular weight excluding hydrogens is 225 g/mol. The third kappa shape index (κ3) is 4.49. The highest BCUT2D eigenvalue weighted by Crippen LogP contribution is 2.29. The van der Waals surface area contributed by atoms with Crippen molar-refractivity contribution in [1.82, 2.24) is 0 Å². The number of hydrogen-bond donors (Lipinski definition) is 0. The predicted molar refractivity (Wildman–Crippen MR) is 49.8 cm³/mol. The quantitative estimate of drug-likeness (QED) is 0.692. The maximum Gasteiger partial charge on any atom is 0.394 e. The van der Waals surface area contributed by atoms with Gasteiger partial charge in [-0.15, -0.1) is 0 Å². The van der Waals surface area contributed by atoms with E-state index >= 15 is 0 Å². The van der Waals surface area contributed by atoms with Gasteiger partial charge in [0, 0.05) is 13.0 Å². The van der Waals surface area contributed by atoms with Gasteiger partial charge < -0.3 is 14.3 Å². The third-order valence-corrected chi connectivity index (χ3v) is 2.46. The van der Waals surface area contributed by atoms with Crippen LogP contribution >= 0.6 is 0 Å². The van der Waals surface area contributed by atoms with Gasteiger partial charge in [0.05, 0.1) is 12.5 Å². The van der Waals surface area contributed by atoms with Gasteiger partial charge in [-0.1, -0.05) is 0 Å². The minimum Gasteiger partial charge on any atom is -0.353 e. The first-order chi connectivity index (χ1) is 7.54. The van der Waals surface area contributed by atoms with E-state index in [4.69, 9.17) is 9.47 Å². The van der Waals surface area contributed by atoms with Gasteiger partial charge in [0.25, 0.3) is 0 Å². The van der Waals surface area contributed by atoms with Crippen LogP contribution in [0.5, 0.6) is 0 Å². The first-order valence-electron chi connectivity index (χ1n) is 5.27. The van der Waals surface area contributed by atoms with Gasteiger partial charge in [0.1, 0.15) is 6.29 Å². The number of ether oxygens (including phenoxy) is 2. The van der Waals surface area contributed by atoms with Crippen LogP contribution in [-0.4, -0.2) is 32.0 Å². The molecule has 94 valence electrons. The molecule has 1 fully saturated rings. The molecule has 0 amide bonds. The first-order valence-corrected chi connectivity index (χ1v) is 5.27. The predicted octanol–water partition coefficient (Wildman–Crippen LogP) is 2.30. The van der Waals surface area contributed by atoms with Crippen molar-refractivity contribution in [3.05, 3.63) is 0 Å². The van der Waals surface area contributed by atoms with Crippen molar-refractivity contribution in [2.45, 2.75) is 38.1 Å². The van der Waals surface area contributed by atoms with E-state index in [0.717, 1.165) is 12.8 Å². The normalized spacial score (nSPS) is 24.1. The van der Waals surface area contributed by atoms with E-state index in [0.29, 0.717) is 13.0 Å². The molecule has 1 saturated heterocycles. The SMILES string of the molecule is O=CC[C@H](COC1CCCCO1)C(F)(F)F. The zero-order chi connectivity index (χ0) is 12.0. The Morgan fingerprint density at radius 3 is 2.69 bits per heavy atom. The first kappa shape index (κ1) is 13.4. The third-order valence-electron chi connectivity index (χ3n) is 2.46. The van der Waals surface area contributed by atoms with Crippen LogP contribution in [0.2, 0.25) is 0 Å². The Hall–Kier alpha value is -0.620. The van der Waals surface area contributed by atoms with Crippen molar-refractivity contribution in [2.75, 3.05) is 13.2 Å². The van der Waals surface area contributed by atoms with Gasteiger partial charge in [-0.3, -0.25) is 0 Å². The zero-order valence-corrected chi connectivity index (χ0v) is 8.83. The summed E-state index contributed by atoms with van der Waals surface area (Å²) in [6, 6.07) is 0. The lowest BCUT2D eigenvalue weighted by Gasteiger charge is -2.25. The molecule has 0 radical (unpaired) electrons. The standard InChI is InChI=1S/C10H15F3O3/c11-10(12,13)8(4-5-14)7-16-9-3-1-2-6-15-9/h5,8-9H,1-4,6-7H2/t8-,9?/m1/s1. The number of carbonyl (C=O) groups is 1. The highest BCUT2D eigenvalue weighted by molar-refractivity contribution is 5.49. The van der Waals surface area contributed by atoms with E-state index < -0.39 is 31.4 Å². The molecule has 0 aromatic heterocycles. The maximum atomic E-state index is 12.4. The molecule has 3 nitrogen and oxygen atoms in total. The van der Waals surface area contributed by atoms with Crippen molar-refractivity contribution in [2.24, 2.45) is 5.92 Å². The molecule has 1 unspecified atom stereocenters. The fourth-order valence-corrected chi connectivity index (χ4v) is 1.48. The number of aldehydes is 1. The highest BCUT2D eigenvalue weighted by Gasteiger charge is 2.39. The average Bonchev–Trinajstić information content (AvgIpc) is 2.24. The van der Waals surface area contributed by atoms with Crippen molar-refractivity contribution in [3.63, 3.8) is 0 Å². The lowest BCUT2D eigenvalue weighted by Crippen LogP contribution is -2.32. The van der Waals surface area contributed by atoms with Crippen LogP contribution in [0.25, 0.3) is 0 Å². The minimum atomic E-state index is -4.39. The van der Waals surface area contributed by atoms with Gasteiger partial charge in [-0.25, -0.2) is 0 Å². The van der Waals surface area contributed by atoms with E-state index in [1.165, 1.54) is 0 Å². The topological polar surface area (TPSA) is 35.5 Å². The summed E-state index contributed by atoms with van der Waals surface area (Å²) in [6.07, 6.45) is -2.81. The zero-order valence-electron chi connectivity index (χ0n) is 8.83. The summed E-state index contributed by atoms with van der Waals surface area (Å²) < 4.78 is 47.3.